The molecule has 1 aliphatic carbocycles. The third kappa shape index (κ3) is 5.22. The number of nitrogens with zero attached hydrogens (tertiary/aromatic N) is 1. The topological polar surface area (TPSA) is 34.0 Å². The van der Waals surface area contributed by atoms with E-state index < -0.39 is 0 Å². The van der Waals surface area contributed by atoms with Crippen LogP contribution in [0.5, 0.6) is 0 Å². The van der Waals surface area contributed by atoms with Crippen molar-refractivity contribution < 1.29 is 4.79 Å². The molecule has 0 saturated carbocycles. The fourth-order valence-corrected chi connectivity index (χ4v) is 3.65. The summed E-state index contributed by atoms with van der Waals surface area (Å²) in [6, 6.07) is 10.5. The summed E-state index contributed by atoms with van der Waals surface area (Å²) in [5, 5.41) is 4.25. The Kier molecular flexibility index (Phi) is 6.33. The predicted octanol–water partition coefficient (Wildman–Crippen LogP) is 5.17. The summed E-state index contributed by atoms with van der Waals surface area (Å²) in [6.45, 7) is 8.00. The highest BCUT2D eigenvalue weighted by Crippen LogP contribution is 2.22. The average Bonchev–Trinajstić information content (AvgIpc) is 2.96. The van der Waals surface area contributed by atoms with Crippen LogP contribution in [-0.4, -0.2) is 17.0 Å². The molecule has 0 saturated heterocycles. The summed E-state index contributed by atoms with van der Waals surface area (Å²) >= 11 is 0. The number of amides is 1. The van der Waals surface area contributed by atoms with Gasteiger partial charge >= 0.3 is 0 Å². The monoisotopic (exact) mass is 362 g/mol. The van der Waals surface area contributed by atoms with E-state index in [9.17, 15) is 4.79 Å². The van der Waals surface area contributed by atoms with Crippen molar-refractivity contribution in [3.05, 3.63) is 72.0 Å². The van der Waals surface area contributed by atoms with E-state index in [0.29, 0.717) is 18.4 Å². The molecule has 1 heterocycles. The molecule has 1 aromatic carbocycles. The first-order chi connectivity index (χ1) is 13.0. The number of hydrogen-bond acceptors (Lipinski definition) is 1. The molecule has 3 rings (SSSR count). The minimum atomic E-state index is -0.0190. The van der Waals surface area contributed by atoms with Gasteiger partial charge in [0.25, 0.3) is 0 Å². The van der Waals surface area contributed by atoms with E-state index in [0.717, 1.165) is 19.4 Å². The van der Waals surface area contributed by atoms with Crippen LogP contribution in [0.1, 0.15) is 32.4 Å². The Morgan fingerprint density at radius 2 is 2.15 bits per heavy atom. The summed E-state index contributed by atoms with van der Waals surface area (Å²) in [4.78, 5) is 12.1. The molecule has 1 amide bonds. The first-order valence-electron chi connectivity index (χ1n) is 9.91. The Hall–Kier alpha value is -2.55. The molecular weight excluding hydrogens is 332 g/mol. The number of carbonyl (C=O) groups is 1. The molecule has 142 valence electrons. The molecule has 1 aromatic heterocycles. The van der Waals surface area contributed by atoms with E-state index in [4.69, 9.17) is 0 Å². The smallest absolute Gasteiger partial charge is 0.243 e. The summed E-state index contributed by atoms with van der Waals surface area (Å²) in [5.41, 5.74) is 3.85. The highest BCUT2D eigenvalue weighted by Gasteiger charge is 2.08. The third-order valence-corrected chi connectivity index (χ3v) is 5.00. The van der Waals surface area contributed by atoms with Gasteiger partial charge in [0.05, 0.1) is 0 Å². The number of benzene rings is 1. The quantitative estimate of drug-likeness (QED) is 0.677. The summed E-state index contributed by atoms with van der Waals surface area (Å²) in [5.74, 6) is 0.983. The van der Waals surface area contributed by atoms with Gasteiger partial charge in [0.2, 0.25) is 5.91 Å². The third-order valence-electron chi connectivity index (χ3n) is 5.00. The van der Waals surface area contributed by atoms with Crippen LogP contribution in [-0.2, 0) is 11.3 Å². The lowest BCUT2D eigenvalue weighted by Crippen LogP contribution is -2.25. The van der Waals surface area contributed by atoms with Crippen LogP contribution >= 0.6 is 0 Å². The molecule has 0 unspecified atom stereocenters. The maximum Gasteiger partial charge on any atom is 0.243 e. The number of nitrogens with one attached hydrogen (secondary N) is 1. The number of allylic oxidation sites excluding steroid dienone is 5. The molecular formula is C24H30N2O. The van der Waals surface area contributed by atoms with Crippen molar-refractivity contribution in [1.29, 1.82) is 0 Å². The summed E-state index contributed by atoms with van der Waals surface area (Å²) < 4.78 is 2.25. The number of hydrogen-bond donors (Lipinski definition) is 1. The van der Waals surface area contributed by atoms with Crippen molar-refractivity contribution >= 4 is 16.8 Å². The van der Waals surface area contributed by atoms with Gasteiger partial charge in [-0.2, -0.15) is 0 Å². The van der Waals surface area contributed by atoms with E-state index in [1.807, 2.05) is 6.08 Å². The van der Waals surface area contributed by atoms with Crippen molar-refractivity contribution in [1.82, 2.24) is 9.88 Å². The van der Waals surface area contributed by atoms with Gasteiger partial charge in [-0.25, -0.2) is 0 Å². The van der Waals surface area contributed by atoms with Crippen LogP contribution in [0.3, 0.4) is 0 Å². The van der Waals surface area contributed by atoms with Gasteiger partial charge in [0.15, 0.2) is 0 Å². The molecule has 0 bridgehead atoms. The SMILES string of the molecule is Cc1cc2ccccc2n1CCNC(=O)/C=C/[C@@H]1C=CC(CC(C)C)=CC1. The minimum Gasteiger partial charge on any atom is -0.351 e. The van der Waals surface area contributed by atoms with Gasteiger partial charge in [0.1, 0.15) is 0 Å². The van der Waals surface area contributed by atoms with Gasteiger partial charge in [-0.1, -0.05) is 61.9 Å². The average molecular weight is 363 g/mol. The zero-order valence-corrected chi connectivity index (χ0v) is 16.6. The van der Waals surface area contributed by atoms with Crippen molar-refractivity contribution in [3.8, 4) is 0 Å². The molecule has 0 fully saturated rings. The van der Waals surface area contributed by atoms with Gasteiger partial charge in [-0.3, -0.25) is 4.79 Å². The molecule has 0 aliphatic heterocycles. The number of aryl methyl sites for hydroxylation is 1. The fourth-order valence-electron chi connectivity index (χ4n) is 3.65. The van der Waals surface area contributed by atoms with Gasteiger partial charge in [-0.05, 0) is 55.2 Å². The normalized spacial score (nSPS) is 17.0. The zero-order valence-electron chi connectivity index (χ0n) is 16.6. The second-order valence-electron chi connectivity index (χ2n) is 7.78. The number of carbonyl (C=O) groups excluding carboxylic acids is 1. The second kappa shape index (κ2) is 8.90. The maximum atomic E-state index is 12.1. The Morgan fingerprint density at radius 3 is 2.89 bits per heavy atom. The lowest BCUT2D eigenvalue weighted by molar-refractivity contribution is -0.116. The van der Waals surface area contributed by atoms with Crippen molar-refractivity contribution in [2.24, 2.45) is 11.8 Å². The van der Waals surface area contributed by atoms with Gasteiger partial charge < -0.3 is 9.88 Å². The number of aromatic nitrogens is 1. The van der Waals surface area contributed by atoms with Gasteiger partial charge in [-0.15, -0.1) is 0 Å². The van der Waals surface area contributed by atoms with Crippen LogP contribution in [0.2, 0.25) is 0 Å². The first-order valence-corrected chi connectivity index (χ1v) is 9.91. The van der Waals surface area contributed by atoms with E-state index in [1.54, 1.807) is 6.08 Å². The molecule has 0 spiro atoms. The second-order valence-corrected chi connectivity index (χ2v) is 7.78. The predicted molar refractivity (Wildman–Crippen MR) is 114 cm³/mol. The van der Waals surface area contributed by atoms with E-state index in [2.05, 4.69) is 79.2 Å². The molecule has 27 heavy (non-hydrogen) atoms. The molecule has 1 aliphatic rings. The Labute approximate surface area is 162 Å². The van der Waals surface area contributed by atoms with E-state index >= 15 is 0 Å². The summed E-state index contributed by atoms with van der Waals surface area (Å²) in [6.07, 6.45) is 12.5. The highest BCUT2D eigenvalue weighted by molar-refractivity contribution is 5.87. The molecule has 2 aromatic rings. The standard InChI is InChI=1S/C24H30N2O/c1-18(2)16-21-10-8-20(9-11-21)12-13-24(27)25-14-15-26-19(3)17-22-6-4-5-7-23(22)26/h4-8,10-13,17-18,20H,9,14-16H2,1-3H3,(H,25,27)/b13-12+/t20-/m1/s1. The Morgan fingerprint density at radius 1 is 1.33 bits per heavy atom. The number of rotatable bonds is 7. The van der Waals surface area contributed by atoms with E-state index in [1.165, 1.54) is 22.2 Å². The van der Waals surface area contributed by atoms with Crippen LogP contribution in [0.25, 0.3) is 10.9 Å². The van der Waals surface area contributed by atoms with Crippen LogP contribution in [0.4, 0.5) is 0 Å². The molecule has 0 radical (unpaired) electrons. The van der Waals surface area contributed by atoms with Crippen LogP contribution in [0.15, 0.2) is 66.3 Å². The minimum absolute atomic E-state index is 0.0190. The van der Waals surface area contributed by atoms with E-state index in [-0.39, 0.29) is 5.91 Å². The molecule has 1 atom stereocenters. The largest absolute Gasteiger partial charge is 0.351 e. The molecule has 3 nitrogen and oxygen atoms in total. The lowest BCUT2D eigenvalue weighted by Gasteiger charge is -2.14. The zero-order chi connectivity index (χ0) is 19.2. The van der Waals surface area contributed by atoms with Crippen molar-refractivity contribution in [3.63, 3.8) is 0 Å². The Balaban J connectivity index is 1.46. The van der Waals surface area contributed by atoms with Crippen LogP contribution in [0, 0.1) is 18.8 Å². The Bertz CT molecular complexity index is 883. The molecule has 3 heteroatoms. The fraction of sp³-hybridized carbons (Fsp3) is 0.375. The van der Waals surface area contributed by atoms with Gasteiger partial charge in [0, 0.05) is 24.3 Å². The van der Waals surface area contributed by atoms with Crippen LogP contribution < -0.4 is 5.32 Å². The lowest BCUT2D eigenvalue weighted by atomic mass is 9.92. The first kappa shape index (κ1) is 19.2. The number of fused-ring (bicyclic) bond motifs is 1. The molecule has 1 N–H and O–H groups in total. The van der Waals surface area contributed by atoms with Crippen molar-refractivity contribution in [2.45, 2.75) is 40.2 Å². The number of para-hydroxylation sites is 1. The highest BCUT2D eigenvalue weighted by atomic mass is 16.1. The summed E-state index contributed by atoms with van der Waals surface area (Å²) in [7, 11) is 0. The van der Waals surface area contributed by atoms with Crippen molar-refractivity contribution in [2.75, 3.05) is 6.54 Å². The maximum absolute atomic E-state index is 12.1.